The molecule has 0 radical (unpaired) electrons. The molecule has 1 aliphatic carbocycles. The first kappa shape index (κ1) is 17.1. The number of benzene rings is 2. The summed E-state index contributed by atoms with van der Waals surface area (Å²) in [6, 6.07) is 17.5. The van der Waals surface area contributed by atoms with Gasteiger partial charge in [0.1, 0.15) is 0 Å². The standard InChI is InChI=1S/C24H25ClN2/c25-22-7-3-1-5-19(22)17-11-12-26-18(15-17)13-16-9-10-24-21(14-16)20-6-2-4-8-23(20)27-24/h1-8,11,16,18,26-27H,9-10,12-15H2. The fourth-order valence-electron chi connectivity index (χ4n) is 4.92. The number of fused-ring (bicyclic) bond motifs is 3. The van der Waals surface area contributed by atoms with Gasteiger partial charge in [-0.1, -0.05) is 54.1 Å². The molecule has 2 nitrogen and oxygen atoms in total. The van der Waals surface area contributed by atoms with Crippen LogP contribution in [0, 0.1) is 5.92 Å². The van der Waals surface area contributed by atoms with Gasteiger partial charge in [-0.25, -0.2) is 0 Å². The Labute approximate surface area is 165 Å². The highest BCUT2D eigenvalue weighted by Crippen LogP contribution is 2.35. The van der Waals surface area contributed by atoms with Gasteiger partial charge in [0.2, 0.25) is 0 Å². The molecule has 3 heteroatoms. The summed E-state index contributed by atoms with van der Waals surface area (Å²) in [6.45, 7) is 0.941. The Morgan fingerprint density at radius 3 is 2.78 bits per heavy atom. The maximum atomic E-state index is 6.43. The number of nitrogens with one attached hydrogen (secondary N) is 2. The molecule has 3 aromatic rings. The van der Waals surface area contributed by atoms with E-state index < -0.39 is 0 Å². The van der Waals surface area contributed by atoms with Gasteiger partial charge < -0.3 is 10.3 Å². The highest BCUT2D eigenvalue weighted by Gasteiger charge is 2.26. The molecule has 0 bridgehead atoms. The quantitative estimate of drug-likeness (QED) is 0.597. The Hall–Kier alpha value is -2.03. The van der Waals surface area contributed by atoms with Crippen LogP contribution in [0.3, 0.4) is 0 Å². The van der Waals surface area contributed by atoms with Crippen LogP contribution >= 0.6 is 11.6 Å². The number of aromatic nitrogens is 1. The first-order valence-electron chi connectivity index (χ1n) is 10.0. The largest absolute Gasteiger partial charge is 0.358 e. The van der Waals surface area contributed by atoms with E-state index >= 15 is 0 Å². The number of aromatic amines is 1. The number of aryl methyl sites for hydroxylation is 1. The van der Waals surface area contributed by atoms with E-state index in [1.165, 1.54) is 53.4 Å². The molecule has 2 aliphatic rings. The first-order chi connectivity index (χ1) is 13.3. The van der Waals surface area contributed by atoms with Crippen molar-refractivity contribution in [3.05, 3.63) is 76.5 Å². The van der Waals surface area contributed by atoms with Crippen molar-refractivity contribution in [1.82, 2.24) is 10.3 Å². The number of rotatable bonds is 3. The lowest BCUT2D eigenvalue weighted by Gasteiger charge is -2.30. The number of hydrogen-bond donors (Lipinski definition) is 2. The summed E-state index contributed by atoms with van der Waals surface area (Å²) >= 11 is 6.43. The zero-order valence-corrected chi connectivity index (χ0v) is 16.2. The maximum Gasteiger partial charge on any atom is 0.0481 e. The van der Waals surface area contributed by atoms with Crippen LogP contribution < -0.4 is 5.32 Å². The third-order valence-corrected chi connectivity index (χ3v) is 6.59. The van der Waals surface area contributed by atoms with E-state index in [2.05, 4.69) is 52.8 Å². The third kappa shape index (κ3) is 3.33. The molecule has 1 aromatic heterocycles. The molecule has 0 fully saturated rings. The monoisotopic (exact) mass is 376 g/mol. The Morgan fingerprint density at radius 1 is 1.00 bits per heavy atom. The lowest BCUT2D eigenvalue weighted by Crippen LogP contribution is -2.35. The predicted molar refractivity (Wildman–Crippen MR) is 114 cm³/mol. The van der Waals surface area contributed by atoms with Crippen LogP contribution in [0.4, 0.5) is 0 Å². The van der Waals surface area contributed by atoms with Gasteiger partial charge in [0.05, 0.1) is 0 Å². The maximum absolute atomic E-state index is 6.43. The van der Waals surface area contributed by atoms with Gasteiger partial charge in [0.15, 0.2) is 0 Å². The van der Waals surface area contributed by atoms with Crippen molar-refractivity contribution in [2.75, 3.05) is 6.54 Å². The molecule has 2 unspecified atom stereocenters. The Bertz CT molecular complexity index is 1000. The third-order valence-electron chi connectivity index (χ3n) is 6.26. The van der Waals surface area contributed by atoms with E-state index in [0.29, 0.717) is 6.04 Å². The Kier molecular flexibility index (Phi) is 4.55. The van der Waals surface area contributed by atoms with E-state index in [9.17, 15) is 0 Å². The van der Waals surface area contributed by atoms with Gasteiger partial charge in [-0.3, -0.25) is 0 Å². The zero-order valence-electron chi connectivity index (χ0n) is 15.5. The van der Waals surface area contributed by atoms with E-state index in [4.69, 9.17) is 11.6 Å². The minimum absolute atomic E-state index is 0.540. The van der Waals surface area contributed by atoms with Crippen LogP contribution in [0.15, 0.2) is 54.6 Å². The molecule has 138 valence electrons. The molecule has 0 saturated heterocycles. The highest BCUT2D eigenvalue weighted by atomic mass is 35.5. The number of H-pyrrole nitrogens is 1. The van der Waals surface area contributed by atoms with Gasteiger partial charge in [0.25, 0.3) is 0 Å². The van der Waals surface area contributed by atoms with E-state index in [0.717, 1.165) is 23.9 Å². The summed E-state index contributed by atoms with van der Waals surface area (Å²) in [7, 11) is 0. The Balaban J connectivity index is 1.30. The molecule has 2 heterocycles. The second kappa shape index (κ2) is 7.18. The minimum Gasteiger partial charge on any atom is -0.358 e. The van der Waals surface area contributed by atoms with E-state index in [1.54, 1.807) is 5.56 Å². The molecule has 0 spiro atoms. The molecular weight excluding hydrogens is 352 g/mol. The van der Waals surface area contributed by atoms with Gasteiger partial charge in [-0.15, -0.1) is 0 Å². The lowest BCUT2D eigenvalue weighted by molar-refractivity contribution is 0.356. The number of hydrogen-bond acceptors (Lipinski definition) is 1. The molecule has 2 atom stereocenters. The van der Waals surface area contributed by atoms with Gasteiger partial charge in [0, 0.05) is 34.2 Å². The van der Waals surface area contributed by atoms with Crippen LogP contribution in [0.5, 0.6) is 0 Å². The van der Waals surface area contributed by atoms with Crippen molar-refractivity contribution in [2.45, 2.75) is 38.1 Å². The van der Waals surface area contributed by atoms with Crippen LogP contribution in [0.1, 0.15) is 36.1 Å². The van der Waals surface area contributed by atoms with Crippen molar-refractivity contribution >= 4 is 28.1 Å². The minimum atomic E-state index is 0.540. The molecule has 2 aromatic carbocycles. The normalized spacial score (nSPS) is 22.5. The fraction of sp³-hybridized carbons (Fsp3) is 0.333. The van der Waals surface area contributed by atoms with Crippen LogP contribution in [0.25, 0.3) is 16.5 Å². The predicted octanol–water partition coefficient (Wildman–Crippen LogP) is 5.76. The number of para-hydroxylation sites is 1. The summed E-state index contributed by atoms with van der Waals surface area (Å²) in [5, 5.41) is 6.00. The summed E-state index contributed by atoms with van der Waals surface area (Å²) in [5.41, 5.74) is 6.91. The van der Waals surface area contributed by atoms with Crippen LogP contribution in [0.2, 0.25) is 5.02 Å². The fourth-order valence-corrected chi connectivity index (χ4v) is 5.18. The molecule has 0 amide bonds. The van der Waals surface area contributed by atoms with Crippen molar-refractivity contribution in [2.24, 2.45) is 5.92 Å². The van der Waals surface area contributed by atoms with Crippen LogP contribution in [-0.4, -0.2) is 17.6 Å². The number of halogens is 1. The highest BCUT2D eigenvalue weighted by molar-refractivity contribution is 6.32. The van der Waals surface area contributed by atoms with Crippen LogP contribution in [-0.2, 0) is 12.8 Å². The summed E-state index contributed by atoms with van der Waals surface area (Å²) < 4.78 is 0. The SMILES string of the molecule is Clc1ccccc1C1=CCNC(CC2CCc3[nH]c4ccccc4c3C2)C1. The van der Waals surface area contributed by atoms with E-state index in [-0.39, 0.29) is 0 Å². The molecular formula is C24H25ClN2. The van der Waals surface area contributed by atoms with Crippen molar-refractivity contribution < 1.29 is 0 Å². The average Bonchev–Trinajstić information content (AvgIpc) is 3.07. The topological polar surface area (TPSA) is 27.8 Å². The summed E-state index contributed by atoms with van der Waals surface area (Å²) in [4.78, 5) is 3.64. The summed E-state index contributed by atoms with van der Waals surface area (Å²) in [6.07, 6.45) is 8.26. The van der Waals surface area contributed by atoms with Crippen molar-refractivity contribution in [1.29, 1.82) is 0 Å². The average molecular weight is 377 g/mol. The molecule has 2 N–H and O–H groups in total. The Morgan fingerprint density at radius 2 is 1.85 bits per heavy atom. The van der Waals surface area contributed by atoms with E-state index in [1.807, 2.05) is 12.1 Å². The molecule has 5 rings (SSSR count). The zero-order chi connectivity index (χ0) is 18.2. The molecule has 0 saturated carbocycles. The lowest BCUT2D eigenvalue weighted by atomic mass is 9.80. The first-order valence-corrected chi connectivity index (χ1v) is 10.4. The smallest absolute Gasteiger partial charge is 0.0481 e. The summed E-state index contributed by atoms with van der Waals surface area (Å²) in [5.74, 6) is 0.750. The second-order valence-corrected chi connectivity index (χ2v) is 8.40. The van der Waals surface area contributed by atoms with Gasteiger partial charge in [-0.05, 0) is 66.9 Å². The van der Waals surface area contributed by atoms with Gasteiger partial charge in [-0.2, -0.15) is 0 Å². The van der Waals surface area contributed by atoms with Crippen molar-refractivity contribution in [3.8, 4) is 0 Å². The molecule has 27 heavy (non-hydrogen) atoms. The second-order valence-electron chi connectivity index (χ2n) is 7.99. The molecule has 1 aliphatic heterocycles. The van der Waals surface area contributed by atoms with Gasteiger partial charge >= 0.3 is 0 Å². The van der Waals surface area contributed by atoms with Crippen molar-refractivity contribution in [3.63, 3.8) is 0 Å².